The largest absolute Gasteiger partial charge is 0.494 e. The number of aromatic nitrogens is 2. The quantitative estimate of drug-likeness (QED) is 0.0144. The van der Waals surface area contributed by atoms with Crippen molar-refractivity contribution in [2.45, 2.75) is 217 Å². The van der Waals surface area contributed by atoms with Crippen LogP contribution in [0.5, 0.6) is 23.3 Å². The van der Waals surface area contributed by atoms with Gasteiger partial charge in [0.25, 0.3) is 11.8 Å². The Morgan fingerprint density at radius 2 is 0.965 bits per heavy atom. The minimum Gasteiger partial charge on any atom is -0.494 e. The summed E-state index contributed by atoms with van der Waals surface area (Å²) >= 11 is 3.44. The topological polar surface area (TPSA) is 431 Å². The van der Waals surface area contributed by atoms with Gasteiger partial charge in [-0.1, -0.05) is 90.1 Å². The Labute approximate surface area is 672 Å². The van der Waals surface area contributed by atoms with Crippen molar-refractivity contribution < 1.29 is 102 Å². The lowest BCUT2D eigenvalue weighted by atomic mass is 9.83. The maximum atomic E-state index is 14.6. The molecular weight excluding hydrogens is 1580 g/mol. The molecule has 2 saturated carbocycles. The predicted octanol–water partition coefficient (Wildman–Crippen LogP) is 8.16. The Kier molecular flexibility index (Phi) is 28.3. The number of carbonyl (C=O) groups excluding carboxylic acids is 8. The Hall–Kier alpha value is -9.78. The normalized spacial score (nSPS) is 18.7. The number of nitrogens with one attached hydrogen (secondary N) is 6. The van der Waals surface area contributed by atoms with E-state index < -0.39 is 155 Å². The second kappa shape index (κ2) is 35.9. The lowest BCUT2D eigenvalue weighted by molar-refractivity contribution is -0.143. The van der Waals surface area contributed by atoms with Crippen LogP contribution in [-0.2, 0) is 58.3 Å². The summed E-state index contributed by atoms with van der Waals surface area (Å²) in [5.74, 6) is -3.06. The zero-order valence-electron chi connectivity index (χ0n) is 67.0. The van der Waals surface area contributed by atoms with Gasteiger partial charge in [-0.2, -0.15) is 0 Å². The average Bonchev–Trinajstić information content (AvgIpc) is 1.43. The minimum atomic E-state index is -3.95. The standard InChI is InChI=1S/C39H51N5O10S.C35H48BrN5O9S.C4H5BO3/c1-10-18-39(8,35(47)43-55(49,50)25-15-16-25)42-32(45)28-20-24(21-44(28)34(46)31(37(2,3)4)41-36(48)54-38(5,6)7)53-33-27-14-12-11-13-26(27)30(51-9)29(40-33)23-17-19-52-22-23;1-10-17-35(8,31(44)40-51(46,47)21-15-16-21)39-28(42)24-18-20(49-29-23-14-12-11-13-22(23)25(48-9)27(36)38-29)19-41(24)30(43)26(33(2,3)4)37-32(45)50-34(5,6)7;6-5(7)4-1-2-8-3-4/h10-14,17,19,22,24-25,28,31H,1,15-16,18,20-21H2,2-9H3,(H,41,48)(H,42,45)(H,43,47);10-14,20-21,24,26H,1,15-19H2,2-9H3,(H,37,45)(H,39,42)(H,40,44);1-3,6-7H/t24-,28+,31-,39-;20-,24+,26-,35-;/m11./s1. The van der Waals surface area contributed by atoms with E-state index in [9.17, 15) is 55.2 Å². The van der Waals surface area contributed by atoms with Crippen molar-refractivity contribution in [2.75, 3.05) is 27.3 Å². The van der Waals surface area contributed by atoms with E-state index in [4.69, 9.17) is 47.9 Å². The molecule has 2 saturated heterocycles. The average molecular weight is 1690 g/mol. The van der Waals surface area contributed by atoms with Gasteiger partial charge in [0.15, 0.2) is 16.1 Å². The molecule has 8 atom stereocenters. The first kappa shape index (κ1) is 89.8. The molecule has 8 N–H and O–H groups in total. The van der Waals surface area contributed by atoms with Crippen LogP contribution in [0.1, 0.15) is 148 Å². The molecule has 0 bridgehead atoms. The van der Waals surface area contributed by atoms with Crippen LogP contribution >= 0.6 is 15.9 Å². The fraction of sp³-hybridized carbons (Fsp3) is 0.513. The molecule has 6 aromatic rings. The Morgan fingerprint density at radius 1 is 0.579 bits per heavy atom. The third kappa shape index (κ3) is 22.8. The molecule has 10 rings (SSSR count). The van der Waals surface area contributed by atoms with E-state index in [1.54, 1.807) is 89.2 Å². The number of fused-ring (bicyclic) bond motifs is 2. The van der Waals surface area contributed by atoms with Crippen LogP contribution in [0.3, 0.4) is 0 Å². The number of benzene rings is 2. The second-order valence-corrected chi connectivity index (χ2v) is 37.6. The summed E-state index contributed by atoms with van der Waals surface area (Å²) in [5.41, 5.74) is -5.38. The summed E-state index contributed by atoms with van der Waals surface area (Å²) < 4.78 is 100. The lowest BCUT2D eigenvalue weighted by Crippen LogP contribution is -2.62. The number of carbonyl (C=O) groups is 8. The smallest absolute Gasteiger partial charge is 0.491 e. The van der Waals surface area contributed by atoms with E-state index in [1.807, 2.05) is 48.5 Å². The van der Waals surface area contributed by atoms with Crippen LogP contribution in [0, 0.1) is 10.8 Å². The monoisotopic (exact) mass is 1690 g/mol. The molecule has 32 nitrogen and oxygen atoms in total. The van der Waals surface area contributed by atoms with Gasteiger partial charge < -0.3 is 78.4 Å². The number of sulfonamides is 2. The highest BCUT2D eigenvalue weighted by Gasteiger charge is 2.52. The maximum absolute atomic E-state index is 14.6. The Balaban J connectivity index is 0.000000260. The van der Waals surface area contributed by atoms with Crippen molar-refractivity contribution in [3.05, 3.63) is 116 Å². The first-order chi connectivity index (χ1) is 53.1. The number of alkyl carbamates (subject to hydrolysis) is 2. The molecular formula is C78H104BBrN10O22S2. The van der Waals surface area contributed by atoms with Gasteiger partial charge >= 0.3 is 19.3 Å². The molecule has 4 aliphatic rings. The van der Waals surface area contributed by atoms with E-state index in [0.717, 1.165) is 5.39 Å². The molecule has 8 amide bonds. The SMILES string of the molecule is C=CC[C@@](C)(NC(=O)[C@@H]1C[C@@H](Oc2nc(-c3ccoc3)c(OC)c3ccccc23)CN1C(=O)[C@@H](NC(=O)OC(C)(C)C)C(C)(C)C)C(=O)NS(=O)(=O)C1CC1.C=CC[C@@](C)(NC(=O)[C@@H]1C[C@@H](Oc2nc(Br)c(OC)c3ccccc23)CN1C(=O)[C@@H](NC(=O)OC(C)(C)C)C(C)(C)C)C(=O)NS(=O)(=O)C1CC1.OB(O)c1ccoc1. The molecule has 2 aromatic carbocycles. The summed E-state index contributed by atoms with van der Waals surface area (Å²) in [6, 6.07) is 13.2. The van der Waals surface area contributed by atoms with E-state index in [0.29, 0.717) is 74.7 Å². The van der Waals surface area contributed by atoms with Gasteiger partial charge in [0.05, 0.1) is 62.9 Å². The number of rotatable bonds is 26. The van der Waals surface area contributed by atoms with Crippen LogP contribution in [0.15, 0.2) is 124 Å². The van der Waals surface area contributed by atoms with Crippen molar-refractivity contribution in [3.8, 4) is 34.5 Å². The molecule has 6 heterocycles. The predicted molar refractivity (Wildman–Crippen MR) is 428 cm³/mol. The summed E-state index contributed by atoms with van der Waals surface area (Å²) in [6.45, 7) is 30.8. The highest BCUT2D eigenvalue weighted by molar-refractivity contribution is 9.10. The first-order valence-corrected chi connectivity index (χ1v) is 40.9. The van der Waals surface area contributed by atoms with Gasteiger partial charge in [-0.15, -0.1) is 13.2 Å². The number of hydrogen-bond acceptors (Lipinski definition) is 24. The van der Waals surface area contributed by atoms with Crippen molar-refractivity contribution in [2.24, 2.45) is 10.8 Å². The number of likely N-dealkylation sites (tertiary alicyclic amines) is 2. The number of ether oxygens (including phenoxy) is 6. The van der Waals surface area contributed by atoms with E-state index in [2.05, 4.69) is 69.2 Å². The van der Waals surface area contributed by atoms with Gasteiger partial charge in [0.2, 0.25) is 55.4 Å². The molecule has 0 radical (unpaired) electrons. The van der Waals surface area contributed by atoms with Crippen LogP contribution in [0.2, 0.25) is 0 Å². The van der Waals surface area contributed by atoms with Gasteiger partial charge in [-0.05, 0) is 145 Å². The minimum absolute atomic E-state index is 0.0211. The molecule has 0 spiro atoms. The summed E-state index contributed by atoms with van der Waals surface area (Å²) in [5, 5.41) is 29.0. The second-order valence-electron chi connectivity index (χ2n) is 32.9. The third-order valence-corrected chi connectivity index (χ3v) is 22.9. The molecule has 620 valence electrons. The van der Waals surface area contributed by atoms with Gasteiger partial charge in [0, 0.05) is 45.4 Å². The molecule has 36 heteroatoms. The summed E-state index contributed by atoms with van der Waals surface area (Å²) in [7, 11) is -6.23. The number of halogens is 1. The number of pyridine rings is 2. The lowest BCUT2D eigenvalue weighted by Gasteiger charge is -2.36. The van der Waals surface area contributed by atoms with E-state index in [-0.39, 0.29) is 50.5 Å². The van der Waals surface area contributed by atoms with Gasteiger partial charge in [-0.3, -0.25) is 38.2 Å². The zero-order chi connectivity index (χ0) is 84.6. The molecule has 0 unspecified atom stereocenters. The number of furan rings is 2. The number of methoxy groups -OCH3 is 2. The Morgan fingerprint density at radius 3 is 1.30 bits per heavy atom. The Bertz CT molecular complexity index is 4760. The zero-order valence-corrected chi connectivity index (χ0v) is 70.2. The van der Waals surface area contributed by atoms with E-state index >= 15 is 0 Å². The maximum Gasteiger partial charge on any atom is 0.491 e. The molecule has 4 aromatic heterocycles. The van der Waals surface area contributed by atoms with Crippen molar-refractivity contribution in [1.82, 2.24) is 50.5 Å². The highest BCUT2D eigenvalue weighted by Crippen LogP contribution is 2.43. The number of nitrogens with zero attached hydrogens (tertiary/aromatic N) is 4. The summed E-state index contributed by atoms with van der Waals surface area (Å²) in [6.07, 6.45) is 6.74. The fourth-order valence-electron chi connectivity index (χ4n) is 12.6. The fourth-order valence-corrected chi connectivity index (χ4v) is 16.0. The van der Waals surface area contributed by atoms with E-state index in [1.165, 1.54) is 81.1 Å². The van der Waals surface area contributed by atoms with Crippen LogP contribution < -0.4 is 55.1 Å². The van der Waals surface area contributed by atoms with Crippen LogP contribution in [0.4, 0.5) is 9.59 Å². The number of amides is 8. The number of hydrogen-bond donors (Lipinski definition) is 8. The third-order valence-electron chi connectivity index (χ3n) is 18.8. The molecule has 2 aliphatic carbocycles. The molecule has 4 fully saturated rings. The first-order valence-electron chi connectivity index (χ1n) is 37.0. The summed E-state index contributed by atoms with van der Waals surface area (Å²) in [4.78, 5) is 123. The van der Waals surface area contributed by atoms with Crippen LogP contribution in [-0.4, -0.2) is 198 Å². The molecule has 2 aliphatic heterocycles. The van der Waals surface area contributed by atoms with Crippen molar-refractivity contribution in [1.29, 1.82) is 0 Å². The van der Waals surface area contributed by atoms with Gasteiger partial charge in [-0.25, -0.2) is 36.4 Å². The molecule has 114 heavy (non-hydrogen) atoms. The van der Waals surface area contributed by atoms with Crippen LogP contribution in [0.25, 0.3) is 32.8 Å². The van der Waals surface area contributed by atoms with Gasteiger partial charge in [0.1, 0.15) is 64.3 Å². The van der Waals surface area contributed by atoms with Crippen molar-refractivity contribution >= 4 is 118 Å². The highest BCUT2D eigenvalue weighted by atomic mass is 79.9. The van der Waals surface area contributed by atoms with Crippen molar-refractivity contribution in [3.63, 3.8) is 0 Å².